The summed E-state index contributed by atoms with van der Waals surface area (Å²) >= 11 is 16.3. The molecule has 0 unspecified atom stereocenters. The third kappa shape index (κ3) is 4.58. The van der Waals surface area contributed by atoms with Gasteiger partial charge in [0.15, 0.2) is 11.5 Å². The average molecular weight is 589 g/mol. The summed E-state index contributed by atoms with van der Waals surface area (Å²) in [7, 11) is 3.02. The first-order valence-electron chi connectivity index (χ1n) is 11.5. The molecule has 186 valence electrons. The average Bonchev–Trinajstić information content (AvgIpc) is 3.38. The number of ether oxygens (including phenoxy) is 3. The molecule has 0 saturated carbocycles. The molecule has 3 aromatic rings. The van der Waals surface area contributed by atoms with E-state index in [9.17, 15) is 4.79 Å². The first kappa shape index (κ1) is 25.0. The predicted octanol–water partition coefficient (Wildman–Crippen LogP) is 7.96. The lowest BCUT2D eigenvalue weighted by atomic mass is 9.75. The summed E-state index contributed by atoms with van der Waals surface area (Å²) in [6, 6.07) is 15.0. The van der Waals surface area contributed by atoms with E-state index in [-0.39, 0.29) is 23.8 Å². The second kappa shape index (κ2) is 10.4. The third-order valence-corrected chi connectivity index (χ3v) is 7.94. The van der Waals surface area contributed by atoms with Gasteiger partial charge in [-0.1, -0.05) is 47.5 Å². The molecule has 0 saturated heterocycles. The minimum absolute atomic E-state index is 0.0321. The summed E-state index contributed by atoms with van der Waals surface area (Å²) in [6.07, 6.45) is 5.19. The van der Waals surface area contributed by atoms with E-state index in [4.69, 9.17) is 37.4 Å². The quantitative estimate of drug-likeness (QED) is 0.234. The van der Waals surface area contributed by atoms with Crippen LogP contribution in [0.2, 0.25) is 10.0 Å². The molecular weight excluding hydrogens is 565 g/mol. The Labute approximate surface area is 228 Å². The number of nitrogens with one attached hydrogen (secondary N) is 1. The van der Waals surface area contributed by atoms with Gasteiger partial charge in [0.1, 0.15) is 6.61 Å². The van der Waals surface area contributed by atoms with Gasteiger partial charge in [-0.2, -0.15) is 0 Å². The molecule has 3 atom stereocenters. The Kier molecular flexibility index (Phi) is 7.20. The summed E-state index contributed by atoms with van der Waals surface area (Å²) in [5, 5.41) is 4.87. The van der Waals surface area contributed by atoms with Gasteiger partial charge in [0, 0.05) is 10.9 Å². The SMILES string of the molecule is COC(=O)c1ccc(Cl)c2c1[C@@H]1C=CC[C@H]1[C@H](c1cc(Br)c(OCc3ccc(Cl)cc3)c(OC)c1)N2. The summed E-state index contributed by atoms with van der Waals surface area (Å²) in [5.41, 5.74) is 4.21. The highest BCUT2D eigenvalue weighted by Gasteiger charge is 2.41. The zero-order chi connectivity index (χ0) is 25.4. The number of carbonyl (C=O) groups excluding carboxylic acids is 1. The highest BCUT2D eigenvalue weighted by molar-refractivity contribution is 9.10. The molecule has 1 heterocycles. The number of esters is 1. The number of benzene rings is 3. The van der Waals surface area contributed by atoms with Gasteiger partial charge in [0.2, 0.25) is 0 Å². The number of carbonyl (C=O) groups is 1. The number of halogens is 3. The van der Waals surface area contributed by atoms with Crippen LogP contribution in [0, 0.1) is 5.92 Å². The molecule has 0 fully saturated rings. The molecule has 1 aliphatic carbocycles. The maximum Gasteiger partial charge on any atom is 0.338 e. The van der Waals surface area contributed by atoms with Crippen LogP contribution in [0.1, 0.15) is 45.4 Å². The van der Waals surface area contributed by atoms with Crippen LogP contribution in [-0.2, 0) is 11.3 Å². The van der Waals surface area contributed by atoms with Crippen molar-refractivity contribution in [2.75, 3.05) is 19.5 Å². The lowest BCUT2D eigenvalue weighted by Gasteiger charge is -2.39. The molecule has 0 bridgehead atoms. The van der Waals surface area contributed by atoms with Gasteiger partial charge >= 0.3 is 5.97 Å². The highest BCUT2D eigenvalue weighted by Crippen LogP contribution is 2.54. The number of methoxy groups -OCH3 is 2. The minimum Gasteiger partial charge on any atom is -0.493 e. The van der Waals surface area contributed by atoms with Crippen molar-refractivity contribution in [2.24, 2.45) is 5.92 Å². The van der Waals surface area contributed by atoms with Crippen molar-refractivity contribution >= 4 is 50.8 Å². The smallest absolute Gasteiger partial charge is 0.338 e. The Hall–Kier alpha value is -2.67. The number of anilines is 1. The van der Waals surface area contributed by atoms with Crippen LogP contribution in [0.15, 0.2) is 65.2 Å². The van der Waals surface area contributed by atoms with E-state index in [0.717, 1.165) is 33.3 Å². The zero-order valence-electron chi connectivity index (χ0n) is 19.7. The summed E-state index contributed by atoms with van der Waals surface area (Å²) in [6.45, 7) is 0.376. The molecular formula is C28H24BrCl2NO4. The Bertz CT molecular complexity index is 1340. The molecule has 3 aromatic carbocycles. The largest absolute Gasteiger partial charge is 0.493 e. The fraction of sp³-hybridized carbons (Fsp3) is 0.250. The Morgan fingerprint density at radius 3 is 2.61 bits per heavy atom. The molecule has 36 heavy (non-hydrogen) atoms. The van der Waals surface area contributed by atoms with E-state index in [1.807, 2.05) is 30.3 Å². The van der Waals surface area contributed by atoms with Gasteiger partial charge < -0.3 is 19.5 Å². The second-order valence-corrected chi connectivity index (χ2v) is 10.5. The molecule has 1 aliphatic heterocycles. The van der Waals surface area contributed by atoms with Crippen molar-refractivity contribution in [3.8, 4) is 11.5 Å². The first-order chi connectivity index (χ1) is 17.4. The molecule has 1 N–H and O–H groups in total. The molecule has 0 radical (unpaired) electrons. The lowest BCUT2D eigenvalue weighted by molar-refractivity contribution is 0.0598. The maximum atomic E-state index is 12.5. The topological polar surface area (TPSA) is 56.8 Å². The van der Waals surface area contributed by atoms with Crippen molar-refractivity contribution < 1.29 is 19.0 Å². The standard InChI is InChI=1S/C28H24BrCl2NO4/c1-34-23-13-16(12-21(29)27(23)36-14-15-6-8-17(30)9-7-15)25-19-5-3-4-18(19)24-20(28(33)35-2)10-11-22(31)26(24)32-25/h3-4,6-13,18-19,25,32H,5,14H2,1-2H3/t18-,19-,25+/m1/s1. The Morgan fingerprint density at radius 1 is 1.11 bits per heavy atom. The summed E-state index contributed by atoms with van der Waals surface area (Å²) < 4.78 is 17.7. The molecule has 0 aromatic heterocycles. The minimum atomic E-state index is -0.367. The maximum absolute atomic E-state index is 12.5. The molecule has 2 aliphatic rings. The lowest BCUT2D eigenvalue weighted by Crippen LogP contribution is -2.31. The van der Waals surface area contributed by atoms with Gasteiger partial charge in [-0.25, -0.2) is 4.79 Å². The van der Waals surface area contributed by atoms with E-state index >= 15 is 0 Å². The zero-order valence-corrected chi connectivity index (χ0v) is 22.8. The Balaban J connectivity index is 1.49. The van der Waals surface area contributed by atoms with E-state index in [1.54, 1.807) is 19.2 Å². The summed E-state index contributed by atoms with van der Waals surface area (Å²) in [5.74, 6) is 1.10. The van der Waals surface area contributed by atoms with Crippen molar-refractivity contribution in [3.63, 3.8) is 0 Å². The van der Waals surface area contributed by atoms with Gasteiger partial charge in [0.05, 0.1) is 41.0 Å². The second-order valence-electron chi connectivity index (χ2n) is 8.80. The van der Waals surface area contributed by atoms with Crippen LogP contribution in [0.5, 0.6) is 11.5 Å². The van der Waals surface area contributed by atoms with Crippen LogP contribution < -0.4 is 14.8 Å². The van der Waals surface area contributed by atoms with Crippen molar-refractivity contribution in [2.45, 2.75) is 25.0 Å². The van der Waals surface area contributed by atoms with Gasteiger partial charge in [-0.05, 0) is 81.4 Å². The van der Waals surface area contributed by atoms with Crippen LogP contribution in [-0.4, -0.2) is 20.2 Å². The number of rotatable bonds is 6. The van der Waals surface area contributed by atoms with Crippen molar-refractivity contribution in [1.29, 1.82) is 0 Å². The van der Waals surface area contributed by atoms with Crippen LogP contribution in [0.3, 0.4) is 0 Å². The third-order valence-electron chi connectivity index (χ3n) is 6.78. The highest BCUT2D eigenvalue weighted by atomic mass is 79.9. The number of allylic oxidation sites excluding steroid dienone is 2. The Morgan fingerprint density at radius 2 is 1.89 bits per heavy atom. The monoisotopic (exact) mass is 587 g/mol. The van der Waals surface area contributed by atoms with Crippen molar-refractivity contribution in [1.82, 2.24) is 0 Å². The summed E-state index contributed by atoms with van der Waals surface area (Å²) in [4.78, 5) is 12.5. The number of hydrogen-bond donors (Lipinski definition) is 1. The first-order valence-corrected chi connectivity index (χ1v) is 13.0. The fourth-order valence-corrected chi connectivity index (χ4v) is 6.01. The normalized spacial score (nSPS) is 19.8. The van der Waals surface area contributed by atoms with Crippen LogP contribution >= 0.6 is 39.1 Å². The van der Waals surface area contributed by atoms with Crippen LogP contribution in [0.4, 0.5) is 5.69 Å². The van der Waals surface area contributed by atoms with E-state index in [1.165, 1.54) is 7.11 Å². The fourth-order valence-electron chi connectivity index (χ4n) is 5.09. The van der Waals surface area contributed by atoms with Crippen LogP contribution in [0.25, 0.3) is 0 Å². The number of hydrogen-bond acceptors (Lipinski definition) is 5. The molecule has 0 amide bonds. The molecule has 5 rings (SSSR count). The number of fused-ring (bicyclic) bond motifs is 3. The van der Waals surface area contributed by atoms with E-state index < -0.39 is 0 Å². The van der Waals surface area contributed by atoms with Gasteiger partial charge in [-0.3, -0.25) is 0 Å². The van der Waals surface area contributed by atoms with Crippen molar-refractivity contribution in [3.05, 3.63) is 97.5 Å². The van der Waals surface area contributed by atoms with Gasteiger partial charge in [0.25, 0.3) is 0 Å². The molecule has 5 nitrogen and oxygen atoms in total. The van der Waals surface area contributed by atoms with E-state index in [2.05, 4.69) is 39.5 Å². The van der Waals surface area contributed by atoms with Gasteiger partial charge in [-0.15, -0.1) is 0 Å². The molecule has 0 spiro atoms. The molecule has 8 heteroatoms. The predicted molar refractivity (Wildman–Crippen MR) is 146 cm³/mol. The van der Waals surface area contributed by atoms with E-state index in [0.29, 0.717) is 33.7 Å².